The van der Waals surface area contributed by atoms with Gasteiger partial charge in [-0.05, 0) is 24.8 Å². The average molecular weight is 336 g/mol. The van der Waals surface area contributed by atoms with Crippen molar-refractivity contribution < 1.29 is 9.13 Å². The van der Waals surface area contributed by atoms with Crippen LogP contribution in [0.5, 0.6) is 11.8 Å². The van der Waals surface area contributed by atoms with E-state index in [2.05, 4.69) is 19.9 Å². The molecule has 6 heteroatoms. The second-order valence-corrected chi connectivity index (χ2v) is 6.09. The van der Waals surface area contributed by atoms with Crippen molar-refractivity contribution in [2.24, 2.45) is 0 Å². The van der Waals surface area contributed by atoms with Crippen molar-refractivity contribution in [3.63, 3.8) is 0 Å². The summed E-state index contributed by atoms with van der Waals surface area (Å²) in [4.78, 5) is 16.1. The summed E-state index contributed by atoms with van der Waals surface area (Å²) in [6.07, 6.45) is 12.1. The summed E-state index contributed by atoms with van der Waals surface area (Å²) in [5.74, 6) is 0.0837. The van der Waals surface area contributed by atoms with Crippen molar-refractivity contribution in [1.82, 2.24) is 19.9 Å². The summed E-state index contributed by atoms with van der Waals surface area (Å²) >= 11 is 0. The Morgan fingerprint density at radius 1 is 1.00 bits per heavy atom. The third-order valence-electron chi connectivity index (χ3n) is 4.53. The summed E-state index contributed by atoms with van der Waals surface area (Å²) in [5.41, 5.74) is 1.90. The molecule has 0 bridgehead atoms. The quantitative estimate of drug-likeness (QED) is 0.701. The van der Waals surface area contributed by atoms with E-state index >= 15 is 4.39 Å². The van der Waals surface area contributed by atoms with Crippen LogP contribution in [0.25, 0.3) is 11.1 Å². The van der Waals surface area contributed by atoms with Crippen molar-refractivity contribution in [1.29, 1.82) is 0 Å². The van der Waals surface area contributed by atoms with Crippen molar-refractivity contribution >= 4 is 0 Å². The molecule has 0 amide bonds. The lowest BCUT2D eigenvalue weighted by Gasteiger charge is -2.17. The molecule has 25 heavy (non-hydrogen) atoms. The zero-order valence-corrected chi connectivity index (χ0v) is 13.6. The minimum atomic E-state index is -0.424. The van der Waals surface area contributed by atoms with Crippen LogP contribution in [0.2, 0.25) is 0 Å². The van der Waals surface area contributed by atoms with Gasteiger partial charge in [-0.2, -0.15) is 0 Å². The summed E-state index contributed by atoms with van der Waals surface area (Å²) < 4.78 is 21.1. The molecular weight excluding hydrogens is 319 g/mol. The number of hydrogen-bond acceptors (Lipinski definition) is 5. The molecule has 5 nitrogen and oxygen atoms in total. The second-order valence-electron chi connectivity index (χ2n) is 6.09. The third kappa shape index (κ3) is 3.20. The molecule has 4 rings (SSSR count). The average Bonchev–Trinajstić information content (AvgIpc) is 3.19. The van der Waals surface area contributed by atoms with E-state index in [-0.39, 0.29) is 11.8 Å². The molecule has 3 aromatic rings. The molecule has 1 fully saturated rings. The second kappa shape index (κ2) is 6.93. The summed E-state index contributed by atoms with van der Waals surface area (Å²) in [6, 6.07) is 5.56. The van der Waals surface area contributed by atoms with E-state index in [1.54, 1.807) is 36.9 Å². The molecule has 1 aliphatic rings. The predicted molar refractivity (Wildman–Crippen MR) is 90.7 cm³/mol. The molecule has 2 heterocycles. The molecule has 0 spiro atoms. The van der Waals surface area contributed by atoms with Gasteiger partial charge in [0.15, 0.2) is 11.6 Å². The van der Waals surface area contributed by atoms with Gasteiger partial charge in [-0.1, -0.05) is 25.0 Å². The highest BCUT2D eigenvalue weighted by molar-refractivity contribution is 5.66. The van der Waals surface area contributed by atoms with Gasteiger partial charge in [-0.25, -0.2) is 24.3 Å². The van der Waals surface area contributed by atoms with E-state index in [9.17, 15) is 0 Å². The lowest BCUT2D eigenvalue weighted by molar-refractivity contribution is 0.402. The van der Waals surface area contributed by atoms with E-state index in [1.165, 1.54) is 6.33 Å². The normalized spacial score (nSPS) is 14.6. The maximum absolute atomic E-state index is 15.3. The minimum Gasteiger partial charge on any atom is -0.421 e. The molecule has 0 radical (unpaired) electrons. The van der Waals surface area contributed by atoms with E-state index in [1.807, 2.05) is 6.07 Å². The van der Waals surface area contributed by atoms with Gasteiger partial charge in [-0.3, -0.25) is 0 Å². The maximum Gasteiger partial charge on any atom is 0.321 e. The molecule has 0 N–H and O–H groups in total. The standard InChI is InChI=1S/C19H17FN4O/c20-17-15(14-10-21-12-22-11-14)6-7-16(13-4-1-2-5-13)18(17)25-19-23-8-3-9-24-19/h3,6-13H,1-2,4-5H2. The van der Waals surface area contributed by atoms with Crippen LogP contribution in [0.1, 0.15) is 37.2 Å². The van der Waals surface area contributed by atoms with Crippen LogP contribution >= 0.6 is 0 Å². The van der Waals surface area contributed by atoms with Crippen LogP contribution in [0.4, 0.5) is 4.39 Å². The largest absolute Gasteiger partial charge is 0.421 e. The molecule has 1 aromatic carbocycles. The molecule has 0 atom stereocenters. The van der Waals surface area contributed by atoms with Crippen molar-refractivity contribution in [2.45, 2.75) is 31.6 Å². The first-order chi connectivity index (χ1) is 12.3. The predicted octanol–water partition coefficient (Wildman–Crippen LogP) is 4.52. The number of ether oxygens (including phenoxy) is 1. The first kappa shape index (κ1) is 15.6. The highest BCUT2D eigenvalue weighted by Gasteiger charge is 2.25. The molecular formula is C19H17FN4O. The van der Waals surface area contributed by atoms with Crippen molar-refractivity contribution in [2.75, 3.05) is 0 Å². The first-order valence-corrected chi connectivity index (χ1v) is 8.35. The molecule has 2 aromatic heterocycles. The van der Waals surface area contributed by atoms with E-state index in [0.29, 0.717) is 17.0 Å². The summed E-state index contributed by atoms with van der Waals surface area (Å²) in [5, 5.41) is 0. The molecule has 0 saturated heterocycles. The fraction of sp³-hybridized carbons (Fsp3) is 0.263. The zero-order valence-electron chi connectivity index (χ0n) is 13.6. The molecule has 126 valence electrons. The smallest absolute Gasteiger partial charge is 0.321 e. The number of rotatable bonds is 4. The van der Waals surface area contributed by atoms with Crippen LogP contribution in [-0.2, 0) is 0 Å². The van der Waals surface area contributed by atoms with Crippen LogP contribution in [0, 0.1) is 5.82 Å². The highest BCUT2D eigenvalue weighted by atomic mass is 19.1. The van der Waals surface area contributed by atoms with Crippen LogP contribution in [0.3, 0.4) is 0 Å². The molecule has 0 aliphatic heterocycles. The van der Waals surface area contributed by atoms with Gasteiger partial charge >= 0.3 is 6.01 Å². The Hall–Kier alpha value is -2.89. The third-order valence-corrected chi connectivity index (χ3v) is 4.53. The lowest BCUT2D eigenvalue weighted by atomic mass is 9.94. The fourth-order valence-corrected chi connectivity index (χ4v) is 3.32. The lowest BCUT2D eigenvalue weighted by Crippen LogP contribution is -2.03. The molecule has 1 aliphatic carbocycles. The summed E-state index contributed by atoms with van der Waals surface area (Å²) in [6.45, 7) is 0. The van der Waals surface area contributed by atoms with Gasteiger partial charge < -0.3 is 4.74 Å². The Morgan fingerprint density at radius 3 is 2.44 bits per heavy atom. The Bertz CT molecular complexity index is 852. The fourth-order valence-electron chi connectivity index (χ4n) is 3.32. The van der Waals surface area contributed by atoms with E-state index in [0.717, 1.165) is 31.2 Å². The molecule has 0 unspecified atom stereocenters. The highest BCUT2D eigenvalue weighted by Crippen LogP contribution is 2.43. The van der Waals surface area contributed by atoms with E-state index in [4.69, 9.17) is 4.74 Å². The van der Waals surface area contributed by atoms with E-state index < -0.39 is 5.82 Å². The van der Waals surface area contributed by atoms with Gasteiger partial charge in [0.1, 0.15) is 6.33 Å². The van der Waals surface area contributed by atoms with Gasteiger partial charge in [0.2, 0.25) is 0 Å². The molecule has 1 saturated carbocycles. The Kier molecular flexibility index (Phi) is 4.33. The number of hydrogen-bond donors (Lipinski definition) is 0. The number of benzene rings is 1. The summed E-state index contributed by atoms with van der Waals surface area (Å²) in [7, 11) is 0. The van der Waals surface area contributed by atoms with Crippen LogP contribution < -0.4 is 4.74 Å². The van der Waals surface area contributed by atoms with Crippen molar-refractivity contribution in [3.05, 3.63) is 60.7 Å². The minimum absolute atomic E-state index is 0.141. The number of halogens is 1. The Balaban J connectivity index is 1.81. The number of aromatic nitrogens is 4. The van der Waals surface area contributed by atoms with Crippen LogP contribution in [0.15, 0.2) is 49.3 Å². The number of nitrogens with zero attached hydrogens (tertiary/aromatic N) is 4. The van der Waals surface area contributed by atoms with Gasteiger partial charge in [0.25, 0.3) is 0 Å². The Morgan fingerprint density at radius 2 is 1.72 bits per heavy atom. The first-order valence-electron chi connectivity index (χ1n) is 8.35. The van der Waals surface area contributed by atoms with Gasteiger partial charge in [0, 0.05) is 41.5 Å². The Labute approximate surface area is 145 Å². The SMILES string of the molecule is Fc1c(-c2cncnc2)ccc(C2CCCC2)c1Oc1ncccn1. The maximum atomic E-state index is 15.3. The van der Waals surface area contributed by atoms with Gasteiger partial charge in [-0.15, -0.1) is 0 Å². The topological polar surface area (TPSA) is 60.8 Å². The zero-order chi connectivity index (χ0) is 17.1. The van der Waals surface area contributed by atoms with Gasteiger partial charge in [0.05, 0.1) is 0 Å². The van der Waals surface area contributed by atoms with Crippen LogP contribution in [-0.4, -0.2) is 19.9 Å². The van der Waals surface area contributed by atoms with Crippen molar-refractivity contribution in [3.8, 4) is 22.9 Å². The monoisotopic (exact) mass is 336 g/mol.